The summed E-state index contributed by atoms with van der Waals surface area (Å²) in [6, 6.07) is 15.5. The lowest BCUT2D eigenvalue weighted by atomic mass is 10.3. The van der Waals surface area contributed by atoms with Crippen molar-refractivity contribution in [3.8, 4) is 17.2 Å². The first kappa shape index (κ1) is 11.3. The molecule has 2 aromatic carbocycles. The van der Waals surface area contributed by atoms with Crippen molar-refractivity contribution in [2.75, 3.05) is 7.11 Å². The maximum Gasteiger partial charge on any atom is 0.182 e. The van der Waals surface area contributed by atoms with E-state index in [-0.39, 0.29) is 0 Å². The first-order valence-electron chi connectivity index (χ1n) is 4.86. The molecule has 2 aromatic rings. The van der Waals surface area contributed by atoms with Gasteiger partial charge in [0.2, 0.25) is 0 Å². The van der Waals surface area contributed by atoms with Gasteiger partial charge in [-0.1, -0.05) is 24.3 Å². The summed E-state index contributed by atoms with van der Waals surface area (Å²) >= 11 is 2.23. The van der Waals surface area contributed by atoms with Crippen LogP contribution < -0.4 is 9.47 Å². The molecule has 0 bridgehead atoms. The van der Waals surface area contributed by atoms with Crippen LogP contribution in [-0.4, -0.2) is 7.11 Å². The van der Waals surface area contributed by atoms with E-state index in [1.54, 1.807) is 7.11 Å². The smallest absolute Gasteiger partial charge is 0.182 e. The Morgan fingerprint density at radius 3 is 2.38 bits per heavy atom. The predicted octanol–water partition coefficient (Wildman–Crippen LogP) is 4.09. The maximum absolute atomic E-state index is 5.80. The topological polar surface area (TPSA) is 18.5 Å². The lowest BCUT2D eigenvalue weighted by Gasteiger charge is -2.11. The van der Waals surface area contributed by atoms with Crippen molar-refractivity contribution in [1.29, 1.82) is 0 Å². The maximum atomic E-state index is 5.80. The summed E-state index contributed by atoms with van der Waals surface area (Å²) in [6.45, 7) is 0. The third-order valence-corrected chi connectivity index (χ3v) is 2.96. The molecule has 0 heterocycles. The van der Waals surface area contributed by atoms with Gasteiger partial charge in [-0.25, -0.2) is 0 Å². The molecular formula is C13H11IO2. The number of benzene rings is 2. The van der Waals surface area contributed by atoms with Gasteiger partial charge in [0, 0.05) is 0 Å². The van der Waals surface area contributed by atoms with Gasteiger partial charge in [-0.2, -0.15) is 0 Å². The van der Waals surface area contributed by atoms with Gasteiger partial charge < -0.3 is 9.47 Å². The average Bonchev–Trinajstić information content (AvgIpc) is 2.33. The van der Waals surface area contributed by atoms with Gasteiger partial charge in [0.1, 0.15) is 5.75 Å². The summed E-state index contributed by atoms with van der Waals surface area (Å²) in [5.74, 6) is 2.32. The van der Waals surface area contributed by atoms with Crippen LogP contribution in [0.2, 0.25) is 0 Å². The van der Waals surface area contributed by atoms with E-state index in [9.17, 15) is 0 Å². The van der Waals surface area contributed by atoms with Crippen molar-refractivity contribution in [2.45, 2.75) is 0 Å². The second-order valence-electron chi connectivity index (χ2n) is 3.19. The van der Waals surface area contributed by atoms with Crippen molar-refractivity contribution in [3.63, 3.8) is 0 Å². The fraction of sp³-hybridized carbons (Fsp3) is 0.0769. The molecule has 0 atom stereocenters. The van der Waals surface area contributed by atoms with Gasteiger partial charge in [0.25, 0.3) is 0 Å². The standard InChI is InChI=1S/C13H11IO2/c1-15-12-9-5-8-11(14)13(12)16-10-6-3-2-4-7-10/h2-9H,1H3. The Labute approximate surface area is 108 Å². The molecule has 2 rings (SSSR count). The second-order valence-corrected chi connectivity index (χ2v) is 4.35. The van der Waals surface area contributed by atoms with E-state index in [1.807, 2.05) is 48.5 Å². The molecule has 0 aliphatic carbocycles. The van der Waals surface area contributed by atoms with E-state index in [4.69, 9.17) is 9.47 Å². The summed E-state index contributed by atoms with van der Waals surface area (Å²) in [7, 11) is 1.64. The number of hydrogen-bond acceptors (Lipinski definition) is 2. The van der Waals surface area contributed by atoms with Crippen LogP contribution in [0.25, 0.3) is 0 Å². The minimum atomic E-state index is 0.746. The minimum absolute atomic E-state index is 0.746. The Bertz CT molecular complexity index is 469. The van der Waals surface area contributed by atoms with E-state index in [2.05, 4.69) is 22.6 Å². The summed E-state index contributed by atoms with van der Waals surface area (Å²) in [5, 5.41) is 0. The highest BCUT2D eigenvalue weighted by Crippen LogP contribution is 2.35. The molecule has 3 heteroatoms. The van der Waals surface area contributed by atoms with Crippen molar-refractivity contribution < 1.29 is 9.47 Å². The quantitative estimate of drug-likeness (QED) is 0.791. The molecule has 0 saturated heterocycles. The molecule has 0 spiro atoms. The fourth-order valence-electron chi connectivity index (χ4n) is 1.36. The van der Waals surface area contributed by atoms with Gasteiger partial charge in [0.05, 0.1) is 10.7 Å². The van der Waals surface area contributed by atoms with E-state index < -0.39 is 0 Å². The Morgan fingerprint density at radius 2 is 1.69 bits per heavy atom. The molecule has 0 unspecified atom stereocenters. The van der Waals surface area contributed by atoms with Crippen molar-refractivity contribution in [1.82, 2.24) is 0 Å². The molecule has 0 saturated carbocycles. The summed E-state index contributed by atoms with van der Waals surface area (Å²) in [4.78, 5) is 0. The van der Waals surface area contributed by atoms with Gasteiger partial charge in [-0.15, -0.1) is 0 Å². The molecule has 0 aliphatic heterocycles. The molecule has 0 radical (unpaired) electrons. The number of hydrogen-bond donors (Lipinski definition) is 0. The molecule has 0 amide bonds. The number of ether oxygens (including phenoxy) is 2. The van der Waals surface area contributed by atoms with Gasteiger partial charge in [-0.05, 0) is 46.9 Å². The van der Waals surface area contributed by atoms with Crippen LogP contribution in [0.5, 0.6) is 17.2 Å². The molecule has 82 valence electrons. The third kappa shape index (κ3) is 2.47. The lowest BCUT2D eigenvalue weighted by molar-refractivity contribution is 0.377. The SMILES string of the molecule is COc1cccc(I)c1Oc1ccccc1. The molecule has 16 heavy (non-hydrogen) atoms. The lowest BCUT2D eigenvalue weighted by Crippen LogP contribution is -1.92. The molecule has 2 nitrogen and oxygen atoms in total. The Morgan fingerprint density at radius 1 is 0.938 bits per heavy atom. The van der Waals surface area contributed by atoms with E-state index in [1.165, 1.54) is 0 Å². The first-order valence-corrected chi connectivity index (χ1v) is 5.94. The van der Waals surface area contributed by atoms with Gasteiger partial charge in [0.15, 0.2) is 11.5 Å². The molecule has 0 N–H and O–H groups in total. The van der Waals surface area contributed by atoms with Crippen LogP contribution in [0.3, 0.4) is 0 Å². The second kappa shape index (κ2) is 5.21. The average molecular weight is 326 g/mol. The largest absolute Gasteiger partial charge is 0.493 e. The van der Waals surface area contributed by atoms with Crippen LogP contribution in [0.15, 0.2) is 48.5 Å². The van der Waals surface area contributed by atoms with Gasteiger partial charge >= 0.3 is 0 Å². The summed E-state index contributed by atoms with van der Waals surface area (Å²) in [6.07, 6.45) is 0. The highest BCUT2D eigenvalue weighted by Gasteiger charge is 2.08. The minimum Gasteiger partial charge on any atom is -0.493 e. The Hall–Kier alpha value is -1.23. The zero-order valence-corrected chi connectivity index (χ0v) is 11.0. The van der Waals surface area contributed by atoms with Crippen LogP contribution in [0, 0.1) is 3.57 Å². The Kier molecular flexibility index (Phi) is 3.66. The van der Waals surface area contributed by atoms with E-state index >= 15 is 0 Å². The van der Waals surface area contributed by atoms with E-state index in [0.717, 1.165) is 20.8 Å². The molecule has 0 fully saturated rings. The first-order chi connectivity index (χ1) is 7.81. The summed E-state index contributed by atoms with van der Waals surface area (Å²) < 4.78 is 12.1. The Balaban J connectivity index is 2.34. The fourth-order valence-corrected chi connectivity index (χ4v) is 1.94. The summed E-state index contributed by atoms with van der Waals surface area (Å²) in [5.41, 5.74) is 0. The number of methoxy groups -OCH3 is 1. The van der Waals surface area contributed by atoms with Crippen molar-refractivity contribution in [3.05, 3.63) is 52.1 Å². The van der Waals surface area contributed by atoms with Crippen molar-refractivity contribution >= 4 is 22.6 Å². The van der Waals surface area contributed by atoms with Gasteiger partial charge in [-0.3, -0.25) is 0 Å². The normalized spacial score (nSPS) is 9.88. The molecule has 0 aromatic heterocycles. The molecule has 0 aliphatic rings. The van der Waals surface area contributed by atoms with Crippen LogP contribution >= 0.6 is 22.6 Å². The highest BCUT2D eigenvalue weighted by atomic mass is 127. The number of rotatable bonds is 3. The molecular weight excluding hydrogens is 315 g/mol. The number of para-hydroxylation sites is 2. The van der Waals surface area contributed by atoms with Crippen LogP contribution in [0.1, 0.15) is 0 Å². The third-order valence-electron chi connectivity index (χ3n) is 2.11. The van der Waals surface area contributed by atoms with Crippen LogP contribution in [-0.2, 0) is 0 Å². The predicted molar refractivity (Wildman–Crippen MR) is 72.2 cm³/mol. The van der Waals surface area contributed by atoms with Crippen LogP contribution in [0.4, 0.5) is 0 Å². The zero-order valence-electron chi connectivity index (χ0n) is 8.81. The zero-order chi connectivity index (χ0) is 11.4. The van der Waals surface area contributed by atoms with E-state index in [0.29, 0.717) is 0 Å². The monoisotopic (exact) mass is 326 g/mol. The number of halogens is 1. The highest BCUT2D eigenvalue weighted by molar-refractivity contribution is 14.1. The van der Waals surface area contributed by atoms with Crippen molar-refractivity contribution in [2.24, 2.45) is 0 Å².